The molecule has 5 nitrogen and oxygen atoms in total. The number of carbonyl (C=O) groups is 2. The molecule has 1 aliphatic rings. The van der Waals surface area contributed by atoms with Crippen LogP contribution in [0.15, 0.2) is 36.5 Å². The minimum absolute atomic E-state index is 0.0313. The summed E-state index contributed by atoms with van der Waals surface area (Å²) in [6.07, 6.45) is -2.33. The van der Waals surface area contributed by atoms with Gasteiger partial charge in [-0.3, -0.25) is 14.6 Å². The maximum Gasteiger partial charge on any atom is 0.416 e. The summed E-state index contributed by atoms with van der Waals surface area (Å²) in [7, 11) is 0. The molecule has 9 heteroatoms. The van der Waals surface area contributed by atoms with Crippen molar-refractivity contribution < 1.29 is 27.2 Å². The zero-order chi connectivity index (χ0) is 21.9. The van der Waals surface area contributed by atoms with E-state index in [9.17, 15) is 27.2 Å². The van der Waals surface area contributed by atoms with Crippen LogP contribution < -0.4 is 5.32 Å². The minimum atomic E-state index is -4.62. The molecular weight excluding hydrogens is 402 g/mol. The molecule has 2 aromatic rings. The molecule has 1 fully saturated rings. The first-order valence-corrected chi connectivity index (χ1v) is 9.49. The third-order valence-corrected chi connectivity index (χ3v) is 5.02. The second-order valence-corrected chi connectivity index (χ2v) is 7.22. The average molecular weight is 423 g/mol. The SMILES string of the molecule is CC(=O)NCc1cnc([C@@H]2CCCN2C(=O)Cc2ccc(F)cc2)cc1C(F)(F)F. The highest BCUT2D eigenvalue weighted by molar-refractivity contribution is 5.79. The molecule has 30 heavy (non-hydrogen) atoms. The maximum absolute atomic E-state index is 13.6. The molecule has 0 aliphatic carbocycles. The number of rotatable bonds is 5. The van der Waals surface area contributed by atoms with Crippen LogP contribution in [0.25, 0.3) is 0 Å². The summed E-state index contributed by atoms with van der Waals surface area (Å²) in [6, 6.07) is 5.94. The van der Waals surface area contributed by atoms with Gasteiger partial charge in [-0.25, -0.2) is 4.39 Å². The molecule has 3 rings (SSSR count). The molecule has 0 unspecified atom stereocenters. The number of aromatic nitrogens is 1. The first-order chi connectivity index (χ1) is 14.1. The zero-order valence-electron chi connectivity index (χ0n) is 16.3. The van der Waals surface area contributed by atoms with Crippen molar-refractivity contribution in [2.45, 2.75) is 44.9 Å². The second kappa shape index (κ2) is 8.81. The Hall–Kier alpha value is -2.97. The summed E-state index contributed by atoms with van der Waals surface area (Å²) in [6.45, 7) is 1.36. The van der Waals surface area contributed by atoms with Gasteiger partial charge in [0.05, 0.1) is 23.7 Å². The summed E-state index contributed by atoms with van der Waals surface area (Å²) in [5.41, 5.74) is -0.219. The van der Waals surface area contributed by atoms with Crippen LogP contribution in [-0.2, 0) is 28.7 Å². The van der Waals surface area contributed by atoms with Crippen molar-refractivity contribution in [2.75, 3.05) is 6.54 Å². The van der Waals surface area contributed by atoms with Crippen molar-refractivity contribution in [1.82, 2.24) is 15.2 Å². The number of amides is 2. The molecule has 0 saturated carbocycles. The van der Waals surface area contributed by atoms with E-state index in [0.717, 1.165) is 12.3 Å². The fourth-order valence-corrected chi connectivity index (χ4v) is 3.56. The van der Waals surface area contributed by atoms with Gasteiger partial charge in [0.2, 0.25) is 11.8 Å². The van der Waals surface area contributed by atoms with Gasteiger partial charge in [-0.2, -0.15) is 13.2 Å². The van der Waals surface area contributed by atoms with Crippen molar-refractivity contribution in [2.24, 2.45) is 0 Å². The third-order valence-electron chi connectivity index (χ3n) is 5.02. The zero-order valence-corrected chi connectivity index (χ0v) is 16.3. The largest absolute Gasteiger partial charge is 0.416 e. The van der Waals surface area contributed by atoms with Gasteiger partial charge >= 0.3 is 6.18 Å². The van der Waals surface area contributed by atoms with E-state index in [1.807, 2.05) is 0 Å². The van der Waals surface area contributed by atoms with Gasteiger partial charge in [-0.15, -0.1) is 0 Å². The second-order valence-electron chi connectivity index (χ2n) is 7.22. The van der Waals surface area contributed by atoms with Gasteiger partial charge in [0.15, 0.2) is 0 Å². The van der Waals surface area contributed by atoms with Gasteiger partial charge in [0, 0.05) is 31.8 Å². The highest BCUT2D eigenvalue weighted by Gasteiger charge is 2.37. The minimum Gasteiger partial charge on any atom is -0.352 e. The monoisotopic (exact) mass is 423 g/mol. The number of likely N-dealkylation sites (tertiary alicyclic amines) is 1. The van der Waals surface area contributed by atoms with E-state index in [0.29, 0.717) is 24.9 Å². The fourth-order valence-electron chi connectivity index (χ4n) is 3.56. The number of carbonyl (C=O) groups excluding carboxylic acids is 2. The van der Waals surface area contributed by atoms with Crippen LogP contribution in [0.4, 0.5) is 17.6 Å². The predicted octanol–water partition coefficient (Wildman–Crippen LogP) is 3.78. The smallest absolute Gasteiger partial charge is 0.352 e. The van der Waals surface area contributed by atoms with E-state index < -0.39 is 29.5 Å². The predicted molar refractivity (Wildman–Crippen MR) is 101 cm³/mol. The Labute approximate surface area is 171 Å². The number of benzene rings is 1. The highest BCUT2D eigenvalue weighted by atomic mass is 19.4. The summed E-state index contributed by atoms with van der Waals surface area (Å²) >= 11 is 0. The molecule has 1 aliphatic heterocycles. The van der Waals surface area contributed by atoms with Crippen molar-refractivity contribution in [3.63, 3.8) is 0 Å². The molecule has 2 amide bonds. The van der Waals surface area contributed by atoms with Gasteiger partial charge < -0.3 is 10.2 Å². The molecule has 1 aromatic heterocycles. The summed E-state index contributed by atoms with van der Waals surface area (Å²) < 4.78 is 53.7. The molecule has 1 aromatic carbocycles. The van der Waals surface area contributed by atoms with Gasteiger partial charge in [-0.1, -0.05) is 12.1 Å². The Morgan fingerprint density at radius 2 is 1.93 bits per heavy atom. The average Bonchev–Trinajstić information content (AvgIpc) is 3.17. The van der Waals surface area contributed by atoms with Gasteiger partial charge in [-0.05, 0) is 36.6 Å². The fraction of sp³-hybridized carbons (Fsp3) is 0.381. The normalized spacial score (nSPS) is 16.6. The van der Waals surface area contributed by atoms with Gasteiger partial charge in [0.1, 0.15) is 5.82 Å². The molecular formula is C21H21F4N3O2. The van der Waals surface area contributed by atoms with Crippen LogP contribution in [0, 0.1) is 5.82 Å². The Balaban J connectivity index is 1.83. The Kier molecular flexibility index (Phi) is 6.38. The molecule has 0 spiro atoms. The molecule has 0 bridgehead atoms. The lowest BCUT2D eigenvalue weighted by Crippen LogP contribution is -2.32. The lowest BCUT2D eigenvalue weighted by atomic mass is 10.0. The Morgan fingerprint density at radius 1 is 1.23 bits per heavy atom. The van der Waals surface area contributed by atoms with Crippen LogP contribution in [0.2, 0.25) is 0 Å². The van der Waals surface area contributed by atoms with Gasteiger partial charge in [0.25, 0.3) is 0 Å². The standard InChI is InChI=1S/C21H21F4N3O2/c1-13(29)26-11-15-12-27-18(10-17(15)21(23,24)25)19-3-2-8-28(19)20(30)9-14-4-6-16(22)7-5-14/h4-7,10,12,19H,2-3,8-9,11H2,1H3,(H,26,29)/t19-/m0/s1. The van der Waals surface area contributed by atoms with E-state index >= 15 is 0 Å². The molecule has 0 radical (unpaired) electrons. The molecule has 1 atom stereocenters. The Morgan fingerprint density at radius 3 is 2.57 bits per heavy atom. The summed E-state index contributed by atoms with van der Waals surface area (Å²) in [5.74, 6) is -1.10. The summed E-state index contributed by atoms with van der Waals surface area (Å²) in [5, 5.41) is 2.35. The summed E-state index contributed by atoms with van der Waals surface area (Å²) in [4.78, 5) is 29.5. The number of alkyl halides is 3. The molecule has 160 valence electrons. The topological polar surface area (TPSA) is 62.3 Å². The molecule has 1 saturated heterocycles. The lowest BCUT2D eigenvalue weighted by Gasteiger charge is -2.25. The molecule has 1 N–H and O–H groups in total. The van der Waals surface area contributed by atoms with E-state index in [1.54, 1.807) is 0 Å². The van der Waals surface area contributed by atoms with E-state index in [-0.39, 0.29) is 30.1 Å². The number of nitrogens with one attached hydrogen (secondary N) is 1. The highest BCUT2D eigenvalue weighted by Crippen LogP contribution is 2.37. The first kappa shape index (κ1) is 21.7. The van der Waals surface area contributed by atoms with Crippen molar-refractivity contribution in [3.8, 4) is 0 Å². The number of hydrogen-bond donors (Lipinski definition) is 1. The maximum atomic E-state index is 13.6. The first-order valence-electron chi connectivity index (χ1n) is 9.49. The van der Waals surface area contributed by atoms with E-state index in [2.05, 4.69) is 10.3 Å². The van der Waals surface area contributed by atoms with Crippen LogP contribution in [-0.4, -0.2) is 28.2 Å². The van der Waals surface area contributed by atoms with Crippen molar-refractivity contribution >= 4 is 11.8 Å². The van der Waals surface area contributed by atoms with Crippen molar-refractivity contribution in [1.29, 1.82) is 0 Å². The number of nitrogens with zero attached hydrogens (tertiary/aromatic N) is 2. The Bertz CT molecular complexity index is 929. The third kappa shape index (κ3) is 5.14. The van der Waals surface area contributed by atoms with Crippen LogP contribution in [0.1, 0.15) is 48.2 Å². The number of hydrogen-bond acceptors (Lipinski definition) is 3. The quantitative estimate of drug-likeness (QED) is 0.745. The van der Waals surface area contributed by atoms with E-state index in [4.69, 9.17) is 0 Å². The van der Waals surface area contributed by atoms with Crippen LogP contribution >= 0.6 is 0 Å². The number of pyridine rings is 1. The lowest BCUT2D eigenvalue weighted by molar-refractivity contribution is -0.138. The van der Waals surface area contributed by atoms with Crippen LogP contribution in [0.3, 0.4) is 0 Å². The number of halogens is 4. The van der Waals surface area contributed by atoms with E-state index in [1.165, 1.54) is 36.1 Å². The molecule has 2 heterocycles. The van der Waals surface area contributed by atoms with Crippen LogP contribution in [0.5, 0.6) is 0 Å². The van der Waals surface area contributed by atoms with Crippen molar-refractivity contribution in [3.05, 3.63) is 64.7 Å².